The Bertz CT molecular complexity index is 799. The molecular formula is C11H8BrN3O4S. The van der Waals surface area contributed by atoms with E-state index in [-0.39, 0.29) is 10.7 Å². The number of aryl methyl sites for hydroxylation is 1. The van der Waals surface area contributed by atoms with Gasteiger partial charge in [-0.05, 0) is 30.0 Å². The fourth-order valence-electron chi connectivity index (χ4n) is 1.41. The van der Waals surface area contributed by atoms with Crippen LogP contribution in [0.1, 0.15) is 10.4 Å². The number of H-pyrrole nitrogens is 1. The van der Waals surface area contributed by atoms with Gasteiger partial charge < -0.3 is 5.11 Å². The Kier molecular flexibility index (Phi) is 4.09. The molecule has 2 aromatic rings. The zero-order chi connectivity index (χ0) is 14.9. The maximum atomic E-state index is 11.3. The van der Waals surface area contributed by atoms with Gasteiger partial charge >= 0.3 is 17.1 Å². The number of carboxylic acids is 1. The van der Waals surface area contributed by atoms with Gasteiger partial charge in [-0.2, -0.15) is 4.98 Å². The van der Waals surface area contributed by atoms with Gasteiger partial charge in [-0.25, -0.2) is 4.79 Å². The molecule has 0 aliphatic carbocycles. The van der Waals surface area contributed by atoms with E-state index in [4.69, 9.17) is 5.11 Å². The third kappa shape index (κ3) is 2.99. The van der Waals surface area contributed by atoms with Gasteiger partial charge in [-0.15, -0.1) is 0 Å². The van der Waals surface area contributed by atoms with E-state index in [0.717, 1.165) is 11.8 Å². The van der Waals surface area contributed by atoms with E-state index < -0.39 is 17.1 Å². The number of aromatic carboxylic acids is 1. The molecule has 0 saturated heterocycles. The Hall–Kier alpha value is -1.87. The van der Waals surface area contributed by atoms with Crippen LogP contribution in [0.4, 0.5) is 0 Å². The van der Waals surface area contributed by atoms with Crippen molar-refractivity contribution in [2.45, 2.75) is 10.1 Å². The largest absolute Gasteiger partial charge is 0.478 e. The van der Waals surface area contributed by atoms with Crippen LogP contribution in [0.15, 0.2) is 42.3 Å². The highest BCUT2D eigenvalue weighted by Gasteiger charge is 2.14. The van der Waals surface area contributed by atoms with Gasteiger partial charge in [0.2, 0.25) is 0 Å². The molecule has 2 rings (SSSR count). The van der Waals surface area contributed by atoms with Crippen LogP contribution in [-0.4, -0.2) is 25.8 Å². The van der Waals surface area contributed by atoms with Crippen molar-refractivity contribution in [1.29, 1.82) is 0 Å². The van der Waals surface area contributed by atoms with E-state index in [0.29, 0.717) is 9.37 Å². The van der Waals surface area contributed by atoms with E-state index in [1.165, 1.54) is 17.8 Å². The molecule has 0 radical (unpaired) electrons. The van der Waals surface area contributed by atoms with E-state index in [9.17, 15) is 14.4 Å². The fourth-order valence-corrected chi connectivity index (χ4v) is 2.88. The van der Waals surface area contributed by atoms with E-state index in [1.54, 1.807) is 12.1 Å². The first-order valence-electron chi connectivity index (χ1n) is 5.26. The lowest BCUT2D eigenvalue weighted by Gasteiger charge is -2.08. The summed E-state index contributed by atoms with van der Waals surface area (Å²) in [5, 5.41) is 11.6. The number of benzene rings is 1. The van der Waals surface area contributed by atoms with E-state index in [1.807, 2.05) is 0 Å². The number of nitrogens with zero attached hydrogens (tertiary/aromatic N) is 2. The summed E-state index contributed by atoms with van der Waals surface area (Å²) in [5.74, 6) is -1.09. The van der Waals surface area contributed by atoms with Crippen molar-refractivity contribution in [3.8, 4) is 0 Å². The fraction of sp³-hybridized carbons (Fsp3) is 0.0909. The van der Waals surface area contributed by atoms with Crippen LogP contribution in [0.25, 0.3) is 0 Å². The minimum atomic E-state index is -1.09. The highest BCUT2D eigenvalue weighted by Crippen LogP contribution is 2.30. The number of aromatic amines is 1. The minimum Gasteiger partial charge on any atom is -0.478 e. The first-order chi connectivity index (χ1) is 9.38. The molecule has 0 fully saturated rings. The van der Waals surface area contributed by atoms with Gasteiger partial charge in [0.05, 0.1) is 5.56 Å². The van der Waals surface area contributed by atoms with Crippen LogP contribution in [0, 0.1) is 0 Å². The van der Waals surface area contributed by atoms with Crippen LogP contribution >= 0.6 is 27.7 Å². The second-order valence-electron chi connectivity index (χ2n) is 3.75. The zero-order valence-corrected chi connectivity index (χ0v) is 12.5. The summed E-state index contributed by atoms with van der Waals surface area (Å²) in [4.78, 5) is 37.5. The second-order valence-corrected chi connectivity index (χ2v) is 5.67. The van der Waals surface area contributed by atoms with Crippen molar-refractivity contribution in [1.82, 2.24) is 14.8 Å². The third-order valence-corrected chi connectivity index (χ3v) is 3.92. The van der Waals surface area contributed by atoms with Crippen LogP contribution in [-0.2, 0) is 7.05 Å². The molecule has 2 N–H and O–H groups in total. The topological polar surface area (TPSA) is 105 Å². The Morgan fingerprint density at radius 3 is 2.80 bits per heavy atom. The highest BCUT2D eigenvalue weighted by atomic mass is 79.9. The molecule has 1 heterocycles. The Balaban J connectivity index is 2.52. The molecule has 0 saturated carbocycles. The smallest absolute Gasteiger partial charge is 0.339 e. The van der Waals surface area contributed by atoms with Crippen LogP contribution in [0.2, 0.25) is 0 Å². The first kappa shape index (κ1) is 14.5. The van der Waals surface area contributed by atoms with E-state index >= 15 is 0 Å². The third-order valence-electron chi connectivity index (χ3n) is 2.32. The zero-order valence-electron chi connectivity index (χ0n) is 10.1. The van der Waals surface area contributed by atoms with Gasteiger partial charge in [0.15, 0.2) is 5.16 Å². The summed E-state index contributed by atoms with van der Waals surface area (Å²) < 4.78 is 1.96. The van der Waals surface area contributed by atoms with Gasteiger partial charge in [0.1, 0.15) is 0 Å². The average Bonchev–Trinajstić information content (AvgIpc) is 2.35. The molecule has 0 spiro atoms. The number of hydrogen-bond donors (Lipinski definition) is 2. The van der Waals surface area contributed by atoms with Crippen LogP contribution in [0.5, 0.6) is 0 Å². The number of aromatic nitrogens is 3. The SMILES string of the molecule is Cn1[nH]c(=O)c(=O)nc1Sc1cc(Br)ccc1C(=O)O. The van der Waals surface area contributed by atoms with Crippen molar-refractivity contribution < 1.29 is 9.90 Å². The van der Waals surface area contributed by atoms with Crippen molar-refractivity contribution in [2.24, 2.45) is 7.05 Å². The standard InChI is InChI=1S/C11H8BrN3O4S/c1-15-11(13-8(16)9(17)14-15)20-7-4-5(12)2-3-6(7)10(18)19/h2-4H,1H3,(H,14,17)(H,18,19). The predicted octanol–water partition coefficient (Wildman–Crippen LogP) is 1.08. The van der Waals surface area contributed by atoms with Gasteiger partial charge in [-0.3, -0.25) is 19.4 Å². The molecule has 0 amide bonds. The molecule has 0 aliphatic rings. The minimum absolute atomic E-state index is 0.0821. The van der Waals surface area contributed by atoms with Crippen molar-refractivity contribution >= 4 is 33.7 Å². The predicted molar refractivity (Wildman–Crippen MR) is 75.3 cm³/mol. The molecule has 0 bridgehead atoms. The number of hydrogen-bond acceptors (Lipinski definition) is 5. The number of nitrogens with one attached hydrogen (secondary N) is 1. The summed E-state index contributed by atoms with van der Waals surface area (Å²) >= 11 is 4.23. The summed E-state index contributed by atoms with van der Waals surface area (Å²) in [6.07, 6.45) is 0. The maximum absolute atomic E-state index is 11.3. The monoisotopic (exact) mass is 357 g/mol. The summed E-state index contributed by atoms with van der Waals surface area (Å²) in [7, 11) is 1.51. The summed E-state index contributed by atoms with van der Waals surface area (Å²) in [5.41, 5.74) is -1.67. The number of rotatable bonds is 3. The maximum Gasteiger partial charge on any atom is 0.339 e. The summed E-state index contributed by atoms with van der Waals surface area (Å²) in [6, 6.07) is 4.65. The lowest BCUT2D eigenvalue weighted by Crippen LogP contribution is -2.33. The molecule has 0 aliphatic heterocycles. The first-order valence-corrected chi connectivity index (χ1v) is 6.87. The molecule has 20 heavy (non-hydrogen) atoms. The molecule has 0 atom stereocenters. The lowest BCUT2D eigenvalue weighted by molar-refractivity contribution is 0.0693. The number of carbonyl (C=O) groups is 1. The normalized spacial score (nSPS) is 10.5. The molecule has 0 unspecified atom stereocenters. The molecule has 7 nitrogen and oxygen atoms in total. The molecule has 1 aromatic carbocycles. The molecule has 104 valence electrons. The molecule has 1 aromatic heterocycles. The van der Waals surface area contributed by atoms with Gasteiger partial charge in [0.25, 0.3) is 0 Å². The number of halogens is 1. The quantitative estimate of drug-likeness (QED) is 0.796. The van der Waals surface area contributed by atoms with Crippen LogP contribution < -0.4 is 11.1 Å². The van der Waals surface area contributed by atoms with Crippen LogP contribution in [0.3, 0.4) is 0 Å². The number of carboxylic acid groups (broad SMARTS) is 1. The Morgan fingerprint density at radius 2 is 2.15 bits per heavy atom. The van der Waals surface area contributed by atoms with Crippen molar-refractivity contribution in [2.75, 3.05) is 0 Å². The highest BCUT2D eigenvalue weighted by molar-refractivity contribution is 9.10. The van der Waals surface area contributed by atoms with Gasteiger partial charge in [-0.1, -0.05) is 15.9 Å². The Labute approximate surface area is 124 Å². The molecule has 9 heteroatoms. The van der Waals surface area contributed by atoms with Crippen molar-refractivity contribution in [3.05, 3.63) is 48.9 Å². The second kappa shape index (κ2) is 5.63. The average molecular weight is 358 g/mol. The summed E-state index contributed by atoms with van der Waals surface area (Å²) in [6.45, 7) is 0. The Morgan fingerprint density at radius 1 is 1.45 bits per heavy atom. The van der Waals surface area contributed by atoms with Gasteiger partial charge in [0, 0.05) is 16.4 Å². The van der Waals surface area contributed by atoms with E-state index in [2.05, 4.69) is 26.0 Å². The molecular weight excluding hydrogens is 350 g/mol. The lowest BCUT2D eigenvalue weighted by atomic mass is 10.2. The van der Waals surface area contributed by atoms with Crippen molar-refractivity contribution in [3.63, 3.8) is 0 Å².